The van der Waals surface area contributed by atoms with Gasteiger partial charge in [0, 0.05) is 19.6 Å². The van der Waals surface area contributed by atoms with Gasteiger partial charge in [-0.15, -0.1) is 0 Å². The van der Waals surface area contributed by atoms with E-state index < -0.39 is 0 Å². The number of nitrogens with zero attached hydrogens (tertiary/aromatic N) is 2. The van der Waals surface area contributed by atoms with Gasteiger partial charge in [-0.2, -0.15) is 0 Å². The van der Waals surface area contributed by atoms with Gasteiger partial charge >= 0.3 is 0 Å². The predicted molar refractivity (Wildman–Crippen MR) is 82.5 cm³/mol. The van der Waals surface area contributed by atoms with Crippen LogP contribution in [-0.2, 0) is 0 Å². The zero-order valence-corrected chi connectivity index (χ0v) is 12.9. The molecule has 18 heavy (non-hydrogen) atoms. The molecule has 0 aromatic carbocycles. The van der Waals surface area contributed by atoms with Crippen molar-refractivity contribution in [3.8, 4) is 0 Å². The van der Waals surface area contributed by atoms with Crippen molar-refractivity contribution in [3.05, 3.63) is 0 Å². The maximum absolute atomic E-state index is 4.44. The average molecular weight is 253 g/mol. The highest BCUT2D eigenvalue weighted by molar-refractivity contribution is 5.54. The van der Waals surface area contributed by atoms with Gasteiger partial charge in [0.05, 0.1) is 0 Å². The first-order valence-electron chi connectivity index (χ1n) is 8.02. The smallest absolute Gasteiger partial charge is 0.166 e. The summed E-state index contributed by atoms with van der Waals surface area (Å²) in [6, 6.07) is 0. The second kappa shape index (κ2) is 14.5. The largest absolute Gasteiger partial charge is 0.354 e. The minimum Gasteiger partial charge on any atom is -0.354 e. The third-order valence-corrected chi connectivity index (χ3v) is 3.15. The molecule has 0 unspecified atom stereocenters. The summed E-state index contributed by atoms with van der Waals surface area (Å²) in [6.07, 6.45) is 14.8. The lowest BCUT2D eigenvalue weighted by Gasteiger charge is -2.18. The Kier molecular flexibility index (Phi) is 14.1. The van der Waals surface area contributed by atoms with Crippen LogP contribution in [0, 0.1) is 0 Å². The average Bonchev–Trinajstić information content (AvgIpc) is 2.38. The van der Waals surface area contributed by atoms with E-state index in [1.807, 2.05) is 0 Å². The minimum atomic E-state index is 0.950. The second-order valence-corrected chi connectivity index (χ2v) is 5.09. The molecule has 2 heteroatoms. The fourth-order valence-corrected chi connectivity index (χ4v) is 1.91. The topological polar surface area (TPSA) is 15.6 Å². The van der Waals surface area contributed by atoms with E-state index >= 15 is 0 Å². The number of aliphatic imine (C=N–C) groups is 1. The minimum absolute atomic E-state index is 0.950. The van der Waals surface area contributed by atoms with Gasteiger partial charge in [0.2, 0.25) is 0 Å². The second-order valence-electron chi connectivity index (χ2n) is 5.09. The van der Waals surface area contributed by atoms with E-state index in [-0.39, 0.29) is 0 Å². The summed E-state index contributed by atoms with van der Waals surface area (Å²) < 4.78 is 0. The summed E-state index contributed by atoms with van der Waals surface area (Å²) in [5, 5.41) is 0. The van der Waals surface area contributed by atoms with Crippen LogP contribution >= 0.6 is 0 Å². The highest BCUT2D eigenvalue weighted by Gasteiger charge is 2.00. The molecule has 0 saturated heterocycles. The Labute approximate surface area is 115 Å². The molecule has 0 rings (SSSR count). The molecule has 0 atom stereocenters. The van der Waals surface area contributed by atoms with Crippen molar-refractivity contribution < 1.29 is 0 Å². The molecule has 0 bridgehead atoms. The van der Waals surface area contributed by atoms with E-state index in [1.165, 1.54) is 57.8 Å². The fraction of sp³-hybridized carbons (Fsp3) is 0.938. The van der Waals surface area contributed by atoms with Crippen LogP contribution in [0.25, 0.3) is 0 Å². The van der Waals surface area contributed by atoms with Crippen molar-refractivity contribution in [3.63, 3.8) is 0 Å². The van der Waals surface area contributed by atoms with Crippen molar-refractivity contribution in [2.24, 2.45) is 4.99 Å². The van der Waals surface area contributed by atoms with Crippen LogP contribution in [0.4, 0.5) is 0 Å². The summed E-state index contributed by atoms with van der Waals surface area (Å²) in [6.45, 7) is 9.96. The van der Waals surface area contributed by atoms with Crippen molar-refractivity contribution in [2.45, 2.75) is 78.6 Å². The molecular weight excluding hydrogens is 220 g/mol. The van der Waals surface area contributed by atoms with Crippen LogP contribution in [0.3, 0.4) is 0 Å². The fourth-order valence-electron chi connectivity index (χ4n) is 1.91. The normalized spacial score (nSPS) is 11.3. The molecule has 0 saturated carbocycles. The van der Waals surface area contributed by atoms with Crippen LogP contribution in [0.1, 0.15) is 78.6 Å². The van der Waals surface area contributed by atoms with Crippen LogP contribution in [-0.4, -0.2) is 30.9 Å². The lowest BCUT2D eigenvalue weighted by Crippen LogP contribution is -2.24. The lowest BCUT2D eigenvalue weighted by molar-refractivity contribution is 0.399. The van der Waals surface area contributed by atoms with Crippen LogP contribution in [0.15, 0.2) is 4.99 Å². The molecule has 0 aliphatic rings. The molecular formula is C16H33N2. The first-order chi connectivity index (χ1) is 8.85. The Morgan fingerprint density at radius 1 is 0.722 bits per heavy atom. The first-order valence-corrected chi connectivity index (χ1v) is 8.02. The van der Waals surface area contributed by atoms with Crippen LogP contribution < -0.4 is 0 Å². The Balaban J connectivity index is 3.78. The molecule has 0 aromatic heterocycles. The highest BCUT2D eigenvalue weighted by Crippen LogP contribution is 2.01. The third-order valence-electron chi connectivity index (χ3n) is 3.15. The van der Waals surface area contributed by atoms with E-state index in [0.717, 1.165) is 19.6 Å². The van der Waals surface area contributed by atoms with Gasteiger partial charge in [-0.3, -0.25) is 4.99 Å². The van der Waals surface area contributed by atoms with E-state index in [4.69, 9.17) is 0 Å². The van der Waals surface area contributed by atoms with Gasteiger partial charge in [-0.05, 0) is 19.3 Å². The van der Waals surface area contributed by atoms with E-state index in [9.17, 15) is 0 Å². The summed E-state index contributed by atoms with van der Waals surface area (Å²) in [5.74, 6) is 0. The Morgan fingerprint density at radius 2 is 1.22 bits per heavy atom. The molecule has 107 valence electrons. The van der Waals surface area contributed by atoms with Gasteiger partial charge in [-0.25, -0.2) is 0 Å². The van der Waals surface area contributed by atoms with Gasteiger partial charge < -0.3 is 4.90 Å². The van der Waals surface area contributed by atoms with Crippen molar-refractivity contribution >= 4 is 6.34 Å². The first kappa shape index (κ1) is 17.5. The van der Waals surface area contributed by atoms with Crippen LogP contribution in [0.2, 0.25) is 0 Å². The highest BCUT2D eigenvalue weighted by atomic mass is 15.1. The van der Waals surface area contributed by atoms with Gasteiger partial charge in [0.15, 0.2) is 6.34 Å². The molecule has 0 fully saturated rings. The Hall–Kier alpha value is -0.530. The summed E-state index contributed by atoms with van der Waals surface area (Å²) in [4.78, 5) is 6.75. The van der Waals surface area contributed by atoms with E-state index in [2.05, 4.69) is 37.0 Å². The van der Waals surface area contributed by atoms with Crippen molar-refractivity contribution in [1.29, 1.82) is 0 Å². The molecule has 0 heterocycles. The Bertz CT molecular complexity index is 168. The SMILES string of the molecule is CCCCC/N=[C]/N(CCCCC)CCCCC. The maximum Gasteiger partial charge on any atom is 0.166 e. The van der Waals surface area contributed by atoms with Crippen molar-refractivity contribution in [1.82, 2.24) is 4.90 Å². The molecule has 1 radical (unpaired) electrons. The van der Waals surface area contributed by atoms with Gasteiger partial charge in [0.25, 0.3) is 0 Å². The standard InChI is InChI=1S/C16H33N2/c1-4-7-10-13-17-16-18(14-11-8-5-2)15-12-9-6-3/h4-15H2,1-3H3. The summed E-state index contributed by atoms with van der Waals surface area (Å²) >= 11 is 0. The van der Waals surface area contributed by atoms with Crippen LogP contribution in [0.5, 0.6) is 0 Å². The number of unbranched alkanes of at least 4 members (excludes halogenated alkanes) is 6. The summed E-state index contributed by atoms with van der Waals surface area (Å²) in [7, 11) is 0. The number of hydrogen-bond donors (Lipinski definition) is 0. The summed E-state index contributed by atoms with van der Waals surface area (Å²) in [5.41, 5.74) is 0. The molecule has 2 nitrogen and oxygen atoms in total. The molecule has 0 N–H and O–H groups in total. The zero-order chi connectivity index (χ0) is 13.5. The number of hydrogen-bond acceptors (Lipinski definition) is 1. The van der Waals surface area contributed by atoms with Gasteiger partial charge in [0.1, 0.15) is 0 Å². The molecule has 0 aliphatic carbocycles. The lowest BCUT2D eigenvalue weighted by atomic mass is 10.2. The van der Waals surface area contributed by atoms with E-state index in [1.54, 1.807) is 0 Å². The zero-order valence-electron chi connectivity index (χ0n) is 12.9. The third kappa shape index (κ3) is 11.9. The van der Waals surface area contributed by atoms with Gasteiger partial charge in [-0.1, -0.05) is 59.3 Å². The predicted octanol–water partition coefficient (Wildman–Crippen LogP) is 4.76. The van der Waals surface area contributed by atoms with E-state index in [0.29, 0.717) is 0 Å². The molecule has 0 aliphatic heterocycles. The monoisotopic (exact) mass is 253 g/mol. The number of rotatable bonds is 13. The molecule has 0 aromatic rings. The maximum atomic E-state index is 4.44. The molecule has 0 spiro atoms. The quantitative estimate of drug-likeness (QED) is 0.200. The van der Waals surface area contributed by atoms with Crippen molar-refractivity contribution in [2.75, 3.05) is 19.6 Å². The Morgan fingerprint density at radius 3 is 1.72 bits per heavy atom. The molecule has 0 amide bonds.